The first-order chi connectivity index (χ1) is 9.56. The molecular formula is C15H17NO4. The molecular weight excluding hydrogens is 258 g/mol. The van der Waals surface area contributed by atoms with Crippen molar-refractivity contribution in [1.82, 2.24) is 4.90 Å². The number of benzene rings is 1. The zero-order valence-corrected chi connectivity index (χ0v) is 11.3. The van der Waals surface area contributed by atoms with E-state index in [0.29, 0.717) is 37.4 Å². The molecule has 2 atom stereocenters. The molecule has 1 aliphatic heterocycles. The van der Waals surface area contributed by atoms with E-state index in [4.69, 9.17) is 4.74 Å². The van der Waals surface area contributed by atoms with Crippen LogP contribution in [0.5, 0.6) is 0 Å². The summed E-state index contributed by atoms with van der Waals surface area (Å²) in [6.07, 6.45) is 0. The number of morpholine rings is 1. The number of aliphatic carboxylic acids is 1. The number of hydrogen-bond donors (Lipinski definition) is 1. The summed E-state index contributed by atoms with van der Waals surface area (Å²) >= 11 is 0. The monoisotopic (exact) mass is 275 g/mol. The number of ether oxygens (including phenoxy) is 1. The van der Waals surface area contributed by atoms with Gasteiger partial charge in [0.05, 0.1) is 18.8 Å². The van der Waals surface area contributed by atoms with Crippen LogP contribution < -0.4 is 0 Å². The van der Waals surface area contributed by atoms with Gasteiger partial charge in [-0.15, -0.1) is 0 Å². The van der Waals surface area contributed by atoms with E-state index >= 15 is 0 Å². The van der Waals surface area contributed by atoms with E-state index in [-0.39, 0.29) is 5.78 Å². The first-order valence-electron chi connectivity index (χ1n) is 6.76. The summed E-state index contributed by atoms with van der Waals surface area (Å²) in [7, 11) is 0. The molecule has 0 radical (unpaired) electrons. The molecule has 5 heteroatoms. The number of fused-ring (bicyclic) bond motifs is 1. The van der Waals surface area contributed by atoms with Gasteiger partial charge in [0, 0.05) is 18.7 Å². The molecule has 2 unspecified atom stereocenters. The van der Waals surface area contributed by atoms with Crippen molar-refractivity contribution in [2.24, 2.45) is 0 Å². The zero-order valence-electron chi connectivity index (χ0n) is 11.3. The Kier molecular flexibility index (Phi) is 3.11. The molecule has 1 N–H and O–H groups in total. The average molecular weight is 275 g/mol. The molecule has 1 aromatic rings. The lowest BCUT2D eigenvalue weighted by atomic mass is 9.83. The fourth-order valence-corrected chi connectivity index (χ4v) is 3.39. The highest BCUT2D eigenvalue weighted by atomic mass is 16.5. The van der Waals surface area contributed by atoms with Crippen LogP contribution in [0.4, 0.5) is 0 Å². The minimum Gasteiger partial charge on any atom is -0.481 e. The predicted octanol–water partition coefficient (Wildman–Crippen LogP) is 1.14. The van der Waals surface area contributed by atoms with Gasteiger partial charge >= 0.3 is 5.97 Å². The number of carbonyl (C=O) groups excluding carboxylic acids is 1. The Bertz CT molecular complexity index is 565. The third kappa shape index (κ3) is 1.70. The number of carbonyl (C=O) groups is 2. The van der Waals surface area contributed by atoms with Crippen molar-refractivity contribution in [3.8, 4) is 0 Å². The molecule has 1 fully saturated rings. The first kappa shape index (κ1) is 13.3. The van der Waals surface area contributed by atoms with Crippen molar-refractivity contribution in [3.05, 3.63) is 35.4 Å². The van der Waals surface area contributed by atoms with Crippen molar-refractivity contribution in [3.63, 3.8) is 0 Å². The Morgan fingerprint density at radius 3 is 2.65 bits per heavy atom. The number of rotatable bonds is 2. The number of carboxylic acids is 1. The molecule has 1 saturated heterocycles. The molecule has 0 bridgehead atoms. The van der Waals surface area contributed by atoms with E-state index in [1.54, 1.807) is 31.2 Å². The van der Waals surface area contributed by atoms with E-state index < -0.39 is 17.4 Å². The maximum atomic E-state index is 12.8. The maximum Gasteiger partial charge on any atom is 0.313 e. The fraction of sp³-hybridized carbons (Fsp3) is 0.467. The lowest BCUT2D eigenvalue weighted by molar-refractivity contribution is -0.142. The quantitative estimate of drug-likeness (QED) is 0.876. The lowest BCUT2D eigenvalue weighted by Gasteiger charge is -2.41. The van der Waals surface area contributed by atoms with E-state index in [1.165, 1.54) is 0 Å². The van der Waals surface area contributed by atoms with Crippen molar-refractivity contribution in [2.75, 3.05) is 26.3 Å². The number of carboxylic acid groups (broad SMARTS) is 1. The third-order valence-electron chi connectivity index (χ3n) is 4.45. The molecule has 1 heterocycles. The molecule has 1 aromatic carbocycles. The SMILES string of the molecule is CC1(N2CCOCC2)C(=O)c2ccccc2C1C(=O)O. The molecule has 0 amide bonds. The van der Waals surface area contributed by atoms with Crippen molar-refractivity contribution < 1.29 is 19.4 Å². The number of ketones is 1. The van der Waals surface area contributed by atoms with E-state index in [1.807, 2.05) is 4.90 Å². The van der Waals surface area contributed by atoms with Crippen LogP contribution in [0.15, 0.2) is 24.3 Å². The molecule has 3 rings (SSSR count). The van der Waals surface area contributed by atoms with Gasteiger partial charge in [-0.2, -0.15) is 0 Å². The van der Waals surface area contributed by atoms with Crippen LogP contribution in [-0.2, 0) is 9.53 Å². The third-order valence-corrected chi connectivity index (χ3v) is 4.45. The number of Topliss-reactive ketones (excluding diaryl/α,β-unsaturated/α-hetero) is 1. The van der Waals surface area contributed by atoms with Crippen molar-refractivity contribution in [2.45, 2.75) is 18.4 Å². The highest BCUT2D eigenvalue weighted by Gasteiger charge is 2.56. The average Bonchev–Trinajstić information content (AvgIpc) is 2.70. The lowest BCUT2D eigenvalue weighted by Crippen LogP contribution is -2.58. The Morgan fingerprint density at radius 1 is 1.35 bits per heavy atom. The van der Waals surface area contributed by atoms with E-state index in [9.17, 15) is 14.7 Å². The highest BCUT2D eigenvalue weighted by Crippen LogP contribution is 2.44. The first-order valence-corrected chi connectivity index (χ1v) is 6.76. The topological polar surface area (TPSA) is 66.8 Å². The van der Waals surface area contributed by atoms with Gasteiger partial charge in [0.2, 0.25) is 0 Å². The summed E-state index contributed by atoms with van der Waals surface area (Å²) in [5.41, 5.74) is 0.145. The summed E-state index contributed by atoms with van der Waals surface area (Å²) in [5.74, 6) is -1.86. The van der Waals surface area contributed by atoms with Crippen LogP contribution in [-0.4, -0.2) is 53.6 Å². The molecule has 2 aliphatic rings. The van der Waals surface area contributed by atoms with Gasteiger partial charge in [-0.25, -0.2) is 0 Å². The highest BCUT2D eigenvalue weighted by molar-refractivity contribution is 6.12. The molecule has 0 aromatic heterocycles. The van der Waals surface area contributed by atoms with Gasteiger partial charge in [-0.05, 0) is 12.5 Å². The Hall–Kier alpha value is -1.72. The van der Waals surface area contributed by atoms with E-state index in [0.717, 1.165) is 0 Å². The normalized spacial score (nSPS) is 30.2. The van der Waals surface area contributed by atoms with Crippen LogP contribution in [0, 0.1) is 0 Å². The van der Waals surface area contributed by atoms with Gasteiger partial charge in [-0.3, -0.25) is 14.5 Å². The van der Waals surface area contributed by atoms with Gasteiger partial charge in [0.25, 0.3) is 0 Å². The molecule has 106 valence electrons. The molecule has 1 aliphatic carbocycles. The van der Waals surface area contributed by atoms with Gasteiger partial charge in [-0.1, -0.05) is 24.3 Å². The molecule has 20 heavy (non-hydrogen) atoms. The largest absolute Gasteiger partial charge is 0.481 e. The second-order valence-electron chi connectivity index (χ2n) is 5.43. The minimum atomic E-state index is -1.01. The van der Waals surface area contributed by atoms with Crippen molar-refractivity contribution >= 4 is 11.8 Å². The summed E-state index contributed by atoms with van der Waals surface area (Å²) in [5, 5.41) is 9.63. The standard InChI is InChI=1S/C15H17NO4/c1-15(16-6-8-20-9-7-16)12(14(18)19)10-4-2-3-5-11(10)13(15)17/h2-5,12H,6-9H2,1H3,(H,18,19). The smallest absolute Gasteiger partial charge is 0.313 e. The molecule has 0 spiro atoms. The Labute approximate surface area is 117 Å². The maximum absolute atomic E-state index is 12.8. The number of nitrogens with zero attached hydrogens (tertiary/aromatic N) is 1. The molecule has 5 nitrogen and oxygen atoms in total. The van der Waals surface area contributed by atoms with Crippen LogP contribution in [0.25, 0.3) is 0 Å². The van der Waals surface area contributed by atoms with E-state index in [2.05, 4.69) is 0 Å². The second-order valence-corrected chi connectivity index (χ2v) is 5.43. The summed E-state index contributed by atoms with van der Waals surface area (Å²) < 4.78 is 5.31. The second kappa shape index (κ2) is 4.68. The predicted molar refractivity (Wildman–Crippen MR) is 71.9 cm³/mol. The Morgan fingerprint density at radius 2 is 2.00 bits per heavy atom. The van der Waals surface area contributed by atoms with Gasteiger partial charge in [0.15, 0.2) is 5.78 Å². The zero-order chi connectivity index (χ0) is 14.3. The van der Waals surface area contributed by atoms with Crippen LogP contribution >= 0.6 is 0 Å². The number of hydrogen-bond acceptors (Lipinski definition) is 4. The Balaban J connectivity index is 2.10. The summed E-state index contributed by atoms with van der Waals surface area (Å²) in [6, 6.07) is 7.03. The summed E-state index contributed by atoms with van der Waals surface area (Å²) in [6.45, 7) is 3.98. The van der Waals surface area contributed by atoms with Crippen LogP contribution in [0.3, 0.4) is 0 Å². The van der Waals surface area contributed by atoms with Gasteiger partial charge in [0.1, 0.15) is 5.92 Å². The van der Waals surface area contributed by atoms with Crippen molar-refractivity contribution in [1.29, 1.82) is 0 Å². The molecule has 0 saturated carbocycles. The summed E-state index contributed by atoms with van der Waals surface area (Å²) in [4.78, 5) is 26.5. The minimum absolute atomic E-state index is 0.0950. The van der Waals surface area contributed by atoms with Crippen LogP contribution in [0.2, 0.25) is 0 Å². The van der Waals surface area contributed by atoms with Crippen LogP contribution in [0.1, 0.15) is 28.8 Å². The van der Waals surface area contributed by atoms with Gasteiger partial charge < -0.3 is 9.84 Å². The fourth-order valence-electron chi connectivity index (χ4n) is 3.39.